The van der Waals surface area contributed by atoms with Crippen molar-refractivity contribution < 1.29 is 9.84 Å². The maximum atomic E-state index is 9.31. The first-order chi connectivity index (χ1) is 9.83. The van der Waals surface area contributed by atoms with Crippen molar-refractivity contribution in [2.24, 2.45) is 0 Å². The molecule has 0 spiro atoms. The molecule has 0 bridgehead atoms. The van der Waals surface area contributed by atoms with Crippen LogP contribution >= 0.6 is 0 Å². The van der Waals surface area contributed by atoms with Gasteiger partial charge >= 0.3 is 0 Å². The van der Waals surface area contributed by atoms with E-state index in [1.807, 2.05) is 30.6 Å². The highest BCUT2D eigenvalue weighted by molar-refractivity contribution is 5.36. The fourth-order valence-electron chi connectivity index (χ4n) is 2.85. The Labute approximate surface area is 118 Å². The molecule has 1 aromatic heterocycles. The second kappa shape index (κ2) is 5.64. The summed E-state index contributed by atoms with van der Waals surface area (Å²) in [5, 5.41) is 9.31. The van der Waals surface area contributed by atoms with Crippen molar-refractivity contribution in [2.45, 2.75) is 19.1 Å². The molecule has 0 saturated carbocycles. The van der Waals surface area contributed by atoms with Crippen molar-refractivity contribution in [1.82, 2.24) is 14.5 Å². The van der Waals surface area contributed by atoms with Crippen molar-refractivity contribution in [1.29, 1.82) is 0 Å². The molecule has 1 atom stereocenters. The Balaban J connectivity index is 1.97. The first-order valence-electron chi connectivity index (χ1n) is 6.81. The van der Waals surface area contributed by atoms with Crippen LogP contribution in [0.5, 0.6) is 5.75 Å². The summed E-state index contributed by atoms with van der Waals surface area (Å²) in [4.78, 5) is 6.62. The predicted octanol–water partition coefficient (Wildman–Crippen LogP) is 1.44. The summed E-state index contributed by atoms with van der Waals surface area (Å²) in [5.41, 5.74) is 1.16. The average molecular weight is 273 g/mol. The van der Waals surface area contributed by atoms with Gasteiger partial charge in [0.25, 0.3) is 0 Å². The van der Waals surface area contributed by atoms with Crippen LogP contribution in [0, 0.1) is 0 Å². The molecule has 0 aliphatic carbocycles. The molecule has 5 nitrogen and oxygen atoms in total. The molecule has 0 radical (unpaired) electrons. The summed E-state index contributed by atoms with van der Waals surface area (Å²) in [5.74, 6) is 1.94. The minimum Gasteiger partial charge on any atom is -0.496 e. The smallest absolute Gasteiger partial charge is 0.123 e. The van der Waals surface area contributed by atoms with E-state index < -0.39 is 0 Å². The standard InChI is InChI=1S/C15H19N3O2/c1-20-14-5-3-2-4-12(14)13-10-18-7-6-16-15(18)11-17(13)8-9-19/h2-7,13,19H,8-11H2,1H3. The van der Waals surface area contributed by atoms with Gasteiger partial charge in [-0.3, -0.25) is 4.90 Å². The zero-order valence-corrected chi connectivity index (χ0v) is 11.6. The number of aliphatic hydroxyl groups excluding tert-OH is 1. The van der Waals surface area contributed by atoms with Crippen LogP contribution < -0.4 is 4.74 Å². The molecule has 1 aliphatic rings. The fourth-order valence-corrected chi connectivity index (χ4v) is 2.85. The number of hydrogen-bond donors (Lipinski definition) is 1. The first kappa shape index (κ1) is 13.1. The van der Waals surface area contributed by atoms with E-state index in [0.717, 1.165) is 30.2 Å². The number of ether oxygens (including phenoxy) is 1. The lowest BCUT2D eigenvalue weighted by Gasteiger charge is -2.36. The van der Waals surface area contributed by atoms with Gasteiger partial charge in [-0.15, -0.1) is 0 Å². The van der Waals surface area contributed by atoms with E-state index in [0.29, 0.717) is 6.54 Å². The minimum absolute atomic E-state index is 0.145. The average Bonchev–Trinajstić information content (AvgIpc) is 2.94. The number of imidazole rings is 1. The quantitative estimate of drug-likeness (QED) is 0.916. The predicted molar refractivity (Wildman–Crippen MR) is 75.5 cm³/mol. The van der Waals surface area contributed by atoms with Gasteiger partial charge in [0.15, 0.2) is 0 Å². The monoisotopic (exact) mass is 273 g/mol. The van der Waals surface area contributed by atoms with Gasteiger partial charge in [0.2, 0.25) is 0 Å². The van der Waals surface area contributed by atoms with Crippen LogP contribution in [0.4, 0.5) is 0 Å². The largest absolute Gasteiger partial charge is 0.496 e. The van der Waals surface area contributed by atoms with Gasteiger partial charge in [-0.1, -0.05) is 18.2 Å². The Bertz CT molecular complexity index is 582. The maximum absolute atomic E-state index is 9.31. The van der Waals surface area contributed by atoms with Gasteiger partial charge in [-0.25, -0.2) is 4.98 Å². The highest BCUT2D eigenvalue weighted by Gasteiger charge is 2.29. The highest BCUT2D eigenvalue weighted by Crippen LogP contribution is 2.34. The molecule has 0 fully saturated rings. The van der Waals surface area contributed by atoms with Crippen molar-refractivity contribution in [3.63, 3.8) is 0 Å². The number of methoxy groups -OCH3 is 1. The Kier molecular flexibility index (Phi) is 3.71. The second-order valence-corrected chi connectivity index (χ2v) is 4.95. The third kappa shape index (κ3) is 2.30. The number of aliphatic hydroxyl groups is 1. The van der Waals surface area contributed by atoms with Crippen LogP contribution in [0.15, 0.2) is 36.7 Å². The van der Waals surface area contributed by atoms with Gasteiger partial charge in [-0.2, -0.15) is 0 Å². The Morgan fingerprint density at radius 2 is 2.25 bits per heavy atom. The summed E-state index contributed by atoms with van der Waals surface area (Å²) in [6.45, 7) is 2.36. The third-order valence-corrected chi connectivity index (χ3v) is 3.84. The molecule has 0 amide bonds. The molecule has 1 N–H and O–H groups in total. The molecule has 0 saturated heterocycles. The van der Waals surface area contributed by atoms with Crippen LogP contribution in [-0.4, -0.2) is 39.8 Å². The topological polar surface area (TPSA) is 50.5 Å². The molecule has 5 heteroatoms. The van der Waals surface area contributed by atoms with Gasteiger partial charge < -0.3 is 14.4 Å². The van der Waals surface area contributed by atoms with E-state index in [4.69, 9.17) is 4.74 Å². The van der Waals surface area contributed by atoms with E-state index in [1.165, 1.54) is 0 Å². The minimum atomic E-state index is 0.145. The van der Waals surface area contributed by atoms with Crippen molar-refractivity contribution >= 4 is 0 Å². The Hall–Kier alpha value is -1.85. The Morgan fingerprint density at radius 3 is 3.05 bits per heavy atom. The third-order valence-electron chi connectivity index (χ3n) is 3.84. The first-order valence-corrected chi connectivity index (χ1v) is 6.81. The molecule has 1 aliphatic heterocycles. The summed E-state index contributed by atoms with van der Waals surface area (Å²) < 4.78 is 7.65. The number of para-hydroxylation sites is 1. The van der Waals surface area contributed by atoms with Crippen LogP contribution in [0.25, 0.3) is 0 Å². The number of β-amino-alcohol motifs (C(OH)–C–C–N with tert-alkyl or cyclic N) is 1. The zero-order chi connectivity index (χ0) is 13.9. The van der Waals surface area contributed by atoms with Crippen molar-refractivity contribution in [2.75, 3.05) is 20.3 Å². The Morgan fingerprint density at radius 1 is 1.40 bits per heavy atom. The second-order valence-electron chi connectivity index (χ2n) is 4.95. The normalized spacial score (nSPS) is 18.8. The summed E-state index contributed by atoms with van der Waals surface area (Å²) in [6.07, 6.45) is 3.84. The lowest BCUT2D eigenvalue weighted by Crippen LogP contribution is -2.38. The van der Waals surface area contributed by atoms with Gasteiger partial charge in [-0.05, 0) is 6.07 Å². The highest BCUT2D eigenvalue weighted by atomic mass is 16.5. The van der Waals surface area contributed by atoms with Crippen molar-refractivity contribution in [3.8, 4) is 5.75 Å². The number of hydrogen-bond acceptors (Lipinski definition) is 4. The van der Waals surface area contributed by atoms with Crippen LogP contribution in [0.3, 0.4) is 0 Å². The van der Waals surface area contributed by atoms with E-state index in [2.05, 4.69) is 20.5 Å². The number of nitrogens with zero attached hydrogens (tertiary/aromatic N) is 3. The van der Waals surface area contributed by atoms with E-state index in [-0.39, 0.29) is 12.6 Å². The van der Waals surface area contributed by atoms with Gasteiger partial charge in [0.1, 0.15) is 11.6 Å². The molecule has 2 aromatic rings. The number of aromatic nitrogens is 2. The lowest BCUT2D eigenvalue weighted by molar-refractivity contribution is 0.105. The van der Waals surface area contributed by atoms with Crippen LogP contribution in [0.2, 0.25) is 0 Å². The summed E-state index contributed by atoms with van der Waals surface area (Å²) in [6, 6.07) is 8.27. The molecule has 1 unspecified atom stereocenters. The molecule has 106 valence electrons. The molecule has 1 aromatic carbocycles. The van der Waals surface area contributed by atoms with E-state index >= 15 is 0 Å². The fraction of sp³-hybridized carbons (Fsp3) is 0.400. The zero-order valence-electron chi connectivity index (χ0n) is 11.6. The summed E-state index contributed by atoms with van der Waals surface area (Å²) >= 11 is 0. The SMILES string of the molecule is COc1ccccc1C1Cn2ccnc2CN1CCO. The molecular formula is C15H19N3O2. The number of rotatable bonds is 4. The maximum Gasteiger partial charge on any atom is 0.123 e. The molecule has 2 heterocycles. The molecule has 20 heavy (non-hydrogen) atoms. The number of fused-ring (bicyclic) bond motifs is 1. The van der Waals surface area contributed by atoms with E-state index in [9.17, 15) is 5.11 Å². The lowest BCUT2D eigenvalue weighted by atomic mass is 10.0. The summed E-state index contributed by atoms with van der Waals surface area (Å²) in [7, 11) is 1.70. The molecular weight excluding hydrogens is 254 g/mol. The molecule has 3 rings (SSSR count). The van der Waals surface area contributed by atoms with Crippen molar-refractivity contribution in [3.05, 3.63) is 48.0 Å². The van der Waals surface area contributed by atoms with Gasteiger partial charge in [0.05, 0.1) is 26.3 Å². The van der Waals surface area contributed by atoms with Crippen LogP contribution in [0.1, 0.15) is 17.4 Å². The van der Waals surface area contributed by atoms with E-state index in [1.54, 1.807) is 7.11 Å². The van der Waals surface area contributed by atoms with Crippen LogP contribution in [-0.2, 0) is 13.1 Å². The van der Waals surface area contributed by atoms with Gasteiger partial charge in [0, 0.05) is 31.0 Å². The number of benzene rings is 1.